The summed E-state index contributed by atoms with van der Waals surface area (Å²) in [6, 6.07) is 9.35. The largest absolute Gasteiger partial charge is 0.488 e. The lowest BCUT2D eigenvalue weighted by Gasteiger charge is -2.32. The van der Waals surface area contributed by atoms with Crippen molar-refractivity contribution in [3.05, 3.63) is 30.3 Å². The van der Waals surface area contributed by atoms with Crippen LogP contribution in [0.3, 0.4) is 0 Å². The number of hydrogen-bond donors (Lipinski definition) is 1. The number of carbonyl (C=O) groups is 3. The van der Waals surface area contributed by atoms with Gasteiger partial charge in [-0.1, -0.05) is 18.2 Å². The van der Waals surface area contributed by atoms with Crippen LogP contribution in [-0.2, 0) is 14.4 Å². The Morgan fingerprint density at radius 3 is 2.40 bits per heavy atom. The molecule has 3 aliphatic rings. The van der Waals surface area contributed by atoms with Crippen LogP contribution in [0.4, 0.5) is 0 Å². The molecule has 1 saturated carbocycles. The highest BCUT2D eigenvalue weighted by molar-refractivity contribution is 5.88. The first kappa shape index (κ1) is 20.7. The Morgan fingerprint density at radius 2 is 1.77 bits per heavy atom. The summed E-state index contributed by atoms with van der Waals surface area (Å²) in [5, 5.41) is 3.05. The van der Waals surface area contributed by atoms with E-state index in [-0.39, 0.29) is 35.8 Å². The zero-order chi connectivity index (χ0) is 21.1. The van der Waals surface area contributed by atoms with Crippen LogP contribution in [0, 0.1) is 5.92 Å². The zero-order valence-corrected chi connectivity index (χ0v) is 17.6. The molecule has 1 N–H and O–H groups in total. The second-order valence-corrected chi connectivity index (χ2v) is 8.79. The second-order valence-electron chi connectivity index (χ2n) is 8.79. The van der Waals surface area contributed by atoms with E-state index in [2.05, 4.69) is 5.32 Å². The molecule has 0 spiro atoms. The minimum Gasteiger partial charge on any atom is -0.488 e. The molecule has 2 heterocycles. The van der Waals surface area contributed by atoms with Crippen LogP contribution in [0.5, 0.6) is 5.75 Å². The molecule has 7 nitrogen and oxygen atoms in total. The molecule has 2 atom stereocenters. The molecule has 7 heteroatoms. The Bertz CT molecular complexity index is 772. The van der Waals surface area contributed by atoms with Crippen LogP contribution in [0.2, 0.25) is 0 Å². The molecule has 2 aliphatic heterocycles. The average Bonchev–Trinajstić information content (AvgIpc) is 3.45. The van der Waals surface area contributed by atoms with Crippen molar-refractivity contribution in [3.63, 3.8) is 0 Å². The molecule has 0 aromatic heterocycles. The highest BCUT2D eigenvalue weighted by Gasteiger charge is 2.42. The summed E-state index contributed by atoms with van der Waals surface area (Å²) in [6.45, 7) is 3.44. The molecule has 1 aliphatic carbocycles. The number of nitrogens with one attached hydrogen (secondary N) is 1. The van der Waals surface area contributed by atoms with Gasteiger partial charge in [-0.05, 0) is 43.7 Å². The molecule has 4 rings (SSSR count). The van der Waals surface area contributed by atoms with Crippen molar-refractivity contribution in [1.82, 2.24) is 15.1 Å². The van der Waals surface area contributed by atoms with E-state index in [1.165, 1.54) is 0 Å². The molecule has 1 aromatic rings. The van der Waals surface area contributed by atoms with Crippen LogP contribution < -0.4 is 10.1 Å². The van der Waals surface area contributed by atoms with Crippen LogP contribution in [0.25, 0.3) is 0 Å². The third-order valence-corrected chi connectivity index (χ3v) is 6.38. The van der Waals surface area contributed by atoms with Gasteiger partial charge in [0.1, 0.15) is 17.9 Å². The fourth-order valence-electron chi connectivity index (χ4n) is 4.44. The van der Waals surface area contributed by atoms with E-state index in [1.54, 1.807) is 11.8 Å². The molecule has 162 valence electrons. The smallest absolute Gasteiger partial charge is 0.243 e. The van der Waals surface area contributed by atoms with Gasteiger partial charge in [0, 0.05) is 38.9 Å². The Kier molecular flexibility index (Phi) is 6.25. The molecule has 30 heavy (non-hydrogen) atoms. The maximum absolute atomic E-state index is 13.2. The summed E-state index contributed by atoms with van der Waals surface area (Å²) < 4.78 is 6.07. The van der Waals surface area contributed by atoms with Crippen molar-refractivity contribution in [2.24, 2.45) is 5.92 Å². The Morgan fingerprint density at radius 1 is 1.07 bits per heavy atom. The van der Waals surface area contributed by atoms with Gasteiger partial charge >= 0.3 is 0 Å². The molecule has 0 radical (unpaired) electrons. The first-order valence-electron chi connectivity index (χ1n) is 11.1. The van der Waals surface area contributed by atoms with Crippen molar-refractivity contribution >= 4 is 17.7 Å². The van der Waals surface area contributed by atoms with Crippen molar-refractivity contribution < 1.29 is 19.1 Å². The number of carbonyl (C=O) groups excluding carboxylic acids is 3. The minimum absolute atomic E-state index is 0.0198. The standard InChI is InChI=1S/C23H31N3O4/c1-16(27)25-11-9-17(10-12-25)13-22(28)26-15-20(30-19-5-3-2-4-6-19)14-21(26)23(29)24-18-7-8-18/h2-6,17-18,20-21H,7-15H2,1H3,(H,24,29)/t20-,21-/m0/s1. The van der Waals surface area contributed by atoms with Gasteiger partial charge in [0.15, 0.2) is 0 Å². The number of hydrogen-bond acceptors (Lipinski definition) is 4. The van der Waals surface area contributed by atoms with Crippen molar-refractivity contribution in [1.29, 1.82) is 0 Å². The molecule has 0 bridgehead atoms. The highest BCUT2D eigenvalue weighted by Crippen LogP contribution is 2.28. The Balaban J connectivity index is 1.38. The number of ether oxygens (including phenoxy) is 1. The average molecular weight is 414 g/mol. The fourth-order valence-corrected chi connectivity index (χ4v) is 4.44. The molecule has 3 amide bonds. The van der Waals surface area contributed by atoms with Gasteiger partial charge < -0.3 is 19.9 Å². The first-order chi connectivity index (χ1) is 14.5. The third-order valence-electron chi connectivity index (χ3n) is 6.38. The number of nitrogens with zero attached hydrogens (tertiary/aromatic N) is 2. The number of benzene rings is 1. The van der Waals surface area contributed by atoms with E-state index < -0.39 is 6.04 Å². The first-order valence-corrected chi connectivity index (χ1v) is 11.1. The number of amides is 3. The summed E-state index contributed by atoms with van der Waals surface area (Å²) in [4.78, 5) is 41.1. The van der Waals surface area contributed by atoms with Gasteiger partial charge in [0.25, 0.3) is 0 Å². The second kappa shape index (κ2) is 9.06. The molecule has 0 unspecified atom stereocenters. The lowest BCUT2D eigenvalue weighted by Crippen LogP contribution is -2.47. The topological polar surface area (TPSA) is 79.0 Å². The van der Waals surface area contributed by atoms with Crippen LogP contribution in [-0.4, -0.2) is 65.3 Å². The van der Waals surface area contributed by atoms with Gasteiger partial charge in [0.05, 0.1) is 6.54 Å². The lowest BCUT2D eigenvalue weighted by molar-refractivity contribution is -0.139. The maximum atomic E-state index is 13.2. The normalized spacial score (nSPS) is 24.6. The van der Waals surface area contributed by atoms with E-state index in [9.17, 15) is 14.4 Å². The molecular weight excluding hydrogens is 382 g/mol. The SMILES string of the molecule is CC(=O)N1CCC(CC(=O)N2C[C@@H](Oc3ccccc3)C[C@H]2C(=O)NC2CC2)CC1. The van der Waals surface area contributed by atoms with Crippen LogP contribution in [0.15, 0.2) is 30.3 Å². The molecule has 3 fully saturated rings. The summed E-state index contributed by atoms with van der Waals surface area (Å²) >= 11 is 0. The van der Waals surface area contributed by atoms with E-state index in [0.29, 0.717) is 32.5 Å². The van der Waals surface area contributed by atoms with Crippen LogP contribution >= 0.6 is 0 Å². The van der Waals surface area contributed by atoms with Crippen LogP contribution in [0.1, 0.15) is 45.4 Å². The van der Waals surface area contributed by atoms with Crippen molar-refractivity contribution in [2.75, 3.05) is 19.6 Å². The van der Waals surface area contributed by atoms with Gasteiger partial charge in [-0.15, -0.1) is 0 Å². The van der Waals surface area contributed by atoms with E-state index >= 15 is 0 Å². The quantitative estimate of drug-likeness (QED) is 0.773. The summed E-state index contributed by atoms with van der Waals surface area (Å²) in [6.07, 6.45) is 4.46. The van der Waals surface area contributed by atoms with Crippen molar-refractivity contribution in [3.8, 4) is 5.75 Å². The van der Waals surface area contributed by atoms with Crippen molar-refractivity contribution in [2.45, 2.75) is 63.6 Å². The van der Waals surface area contributed by atoms with E-state index in [4.69, 9.17) is 4.74 Å². The third kappa shape index (κ3) is 5.12. The molecule has 2 saturated heterocycles. The number of piperidine rings is 1. The van der Waals surface area contributed by atoms with Gasteiger partial charge in [-0.3, -0.25) is 14.4 Å². The van der Waals surface area contributed by atoms with E-state index in [0.717, 1.165) is 31.4 Å². The van der Waals surface area contributed by atoms with E-state index in [1.807, 2.05) is 35.2 Å². The number of rotatable bonds is 6. The Hall–Kier alpha value is -2.57. The summed E-state index contributed by atoms with van der Waals surface area (Å²) in [5.74, 6) is 1.07. The van der Waals surface area contributed by atoms with Gasteiger partial charge in [-0.25, -0.2) is 0 Å². The molecular formula is C23H31N3O4. The van der Waals surface area contributed by atoms with Gasteiger partial charge in [0.2, 0.25) is 17.7 Å². The summed E-state index contributed by atoms with van der Waals surface area (Å²) in [7, 11) is 0. The Labute approximate surface area is 177 Å². The number of likely N-dealkylation sites (tertiary alicyclic amines) is 2. The predicted octanol–water partition coefficient (Wildman–Crippen LogP) is 1.96. The highest BCUT2D eigenvalue weighted by atomic mass is 16.5. The minimum atomic E-state index is -0.468. The number of para-hydroxylation sites is 1. The molecule has 1 aromatic carbocycles. The lowest BCUT2D eigenvalue weighted by atomic mass is 9.93. The summed E-state index contributed by atoms with van der Waals surface area (Å²) in [5.41, 5.74) is 0. The maximum Gasteiger partial charge on any atom is 0.243 e. The predicted molar refractivity (Wildman–Crippen MR) is 112 cm³/mol. The van der Waals surface area contributed by atoms with Gasteiger partial charge in [-0.2, -0.15) is 0 Å². The monoisotopic (exact) mass is 413 g/mol. The fraction of sp³-hybridized carbons (Fsp3) is 0.609. The zero-order valence-electron chi connectivity index (χ0n) is 17.6.